The summed E-state index contributed by atoms with van der Waals surface area (Å²) in [6, 6.07) is 6.92. The van der Waals surface area contributed by atoms with Crippen LogP contribution in [0, 0.1) is 19.8 Å². The summed E-state index contributed by atoms with van der Waals surface area (Å²) in [5.41, 5.74) is 3.99. The van der Waals surface area contributed by atoms with E-state index in [9.17, 15) is 0 Å². The van der Waals surface area contributed by atoms with Crippen molar-refractivity contribution in [1.82, 2.24) is 5.32 Å². The number of likely N-dealkylation sites (N-methyl/N-ethyl adjacent to an activating group) is 1. The van der Waals surface area contributed by atoms with E-state index in [1.54, 1.807) is 0 Å². The molecular weight excluding hydrogens is 222 g/mol. The molecule has 2 nitrogen and oxygen atoms in total. The van der Waals surface area contributed by atoms with Crippen molar-refractivity contribution in [2.24, 2.45) is 5.92 Å². The summed E-state index contributed by atoms with van der Waals surface area (Å²) >= 11 is 0. The predicted molar refractivity (Wildman–Crippen MR) is 78.0 cm³/mol. The molecule has 2 heteroatoms. The summed E-state index contributed by atoms with van der Waals surface area (Å²) in [6.07, 6.45) is 0.210. The van der Waals surface area contributed by atoms with E-state index in [4.69, 9.17) is 4.74 Å². The molecule has 1 rings (SSSR count). The van der Waals surface area contributed by atoms with Gasteiger partial charge in [0.1, 0.15) is 0 Å². The number of aryl methyl sites for hydroxylation is 2. The third kappa shape index (κ3) is 3.56. The van der Waals surface area contributed by atoms with E-state index in [0.717, 1.165) is 6.61 Å². The van der Waals surface area contributed by atoms with E-state index in [0.29, 0.717) is 5.92 Å². The van der Waals surface area contributed by atoms with Gasteiger partial charge in [0.25, 0.3) is 0 Å². The summed E-state index contributed by atoms with van der Waals surface area (Å²) in [4.78, 5) is 0. The summed E-state index contributed by atoms with van der Waals surface area (Å²) < 4.78 is 5.92. The number of hydrogen-bond donors (Lipinski definition) is 1. The lowest BCUT2D eigenvalue weighted by atomic mass is 9.92. The molecule has 2 unspecified atom stereocenters. The van der Waals surface area contributed by atoms with Gasteiger partial charge in [-0.3, -0.25) is 0 Å². The lowest BCUT2D eigenvalue weighted by Gasteiger charge is -2.30. The highest BCUT2D eigenvalue weighted by Gasteiger charge is 2.25. The van der Waals surface area contributed by atoms with Crippen LogP contribution < -0.4 is 5.32 Å². The standard InChI is InChI=1S/C16H27NO/c1-7-18-16(11(2)3)15(17-6)14-9-8-12(4)13(5)10-14/h8-11,15-17H,7H2,1-6H3. The van der Waals surface area contributed by atoms with Crippen molar-refractivity contribution in [3.05, 3.63) is 34.9 Å². The van der Waals surface area contributed by atoms with Crippen molar-refractivity contribution in [2.75, 3.05) is 13.7 Å². The second-order valence-corrected chi connectivity index (χ2v) is 5.27. The highest BCUT2D eigenvalue weighted by molar-refractivity contribution is 5.32. The predicted octanol–water partition coefficient (Wildman–Crippen LogP) is 3.63. The molecule has 0 aliphatic rings. The molecule has 0 spiro atoms. The third-order valence-corrected chi connectivity index (χ3v) is 3.55. The quantitative estimate of drug-likeness (QED) is 0.831. The first-order valence-corrected chi connectivity index (χ1v) is 6.87. The monoisotopic (exact) mass is 249 g/mol. The van der Waals surface area contributed by atoms with Crippen LogP contribution in [0.5, 0.6) is 0 Å². The first kappa shape index (κ1) is 15.2. The molecule has 0 heterocycles. The maximum absolute atomic E-state index is 5.92. The fourth-order valence-electron chi connectivity index (χ4n) is 2.34. The van der Waals surface area contributed by atoms with Crippen LogP contribution in [0.3, 0.4) is 0 Å². The van der Waals surface area contributed by atoms with Gasteiger partial charge in [-0.1, -0.05) is 32.0 Å². The van der Waals surface area contributed by atoms with Gasteiger partial charge >= 0.3 is 0 Å². The highest BCUT2D eigenvalue weighted by Crippen LogP contribution is 2.26. The maximum Gasteiger partial charge on any atom is 0.0792 e. The second kappa shape index (κ2) is 6.91. The van der Waals surface area contributed by atoms with Crippen molar-refractivity contribution in [3.8, 4) is 0 Å². The molecule has 0 aromatic heterocycles. The molecule has 0 aliphatic carbocycles. The van der Waals surface area contributed by atoms with Gasteiger partial charge in [0.15, 0.2) is 0 Å². The molecule has 18 heavy (non-hydrogen) atoms. The molecule has 0 amide bonds. The Bertz CT molecular complexity index is 373. The van der Waals surface area contributed by atoms with Crippen LogP contribution in [-0.2, 0) is 4.74 Å². The zero-order valence-electron chi connectivity index (χ0n) is 12.6. The van der Waals surface area contributed by atoms with Gasteiger partial charge in [-0.15, -0.1) is 0 Å². The molecule has 0 saturated carbocycles. The van der Waals surface area contributed by atoms with E-state index in [1.807, 2.05) is 7.05 Å². The van der Waals surface area contributed by atoms with Gasteiger partial charge in [0.2, 0.25) is 0 Å². The Morgan fingerprint density at radius 3 is 2.28 bits per heavy atom. The summed E-state index contributed by atoms with van der Waals surface area (Å²) in [5.74, 6) is 0.490. The second-order valence-electron chi connectivity index (χ2n) is 5.27. The zero-order valence-corrected chi connectivity index (χ0v) is 12.6. The minimum Gasteiger partial charge on any atom is -0.376 e. The van der Waals surface area contributed by atoms with Crippen LogP contribution in [0.25, 0.3) is 0 Å². The Balaban J connectivity index is 3.02. The average Bonchev–Trinajstić information content (AvgIpc) is 2.33. The normalized spacial score (nSPS) is 14.8. The van der Waals surface area contributed by atoms with Crippen LogP contribution >= 0.6 is 0 Å². The van der Waals surface area contributed by atoms with Crippen LogP contribution in [0.1, 0.15) is 43.5 Å². The van der Waals surface area contributed by atoms with Crippen molar-refractivity contribution in [2.45, 2.75) is 46.8 Å². The van der Waals surface area contributed by atoms with Crippen LogP contribution in [-0.4, -0.2) is 19.8 Å². The molecule has 0 radical (unpaired) electrons. The Kier molecular flexibility index (Phi) is 5.83. The SMILES string of the molecule is CCOC(C(C)C)C(NC)c1ccc(C)c(C)c1. The largest absolute Gasteiger partial charge is 0.376 e. The molecule has 1 aromatic carbocycles. The Morgan fingerprint density at radius 1 is 1.17 bits per heavy atom. The smallest absolute Gasteiger partial charge is 0.0792 e. The van der Waals surface area contributed by atoms with E-state index < -0.39 is 0 Å². The molecular formula is C16H27NO. The average molecular weight is 249 g/mol. The Labute approximate surface area is 112 Å². The summed E-state index contributed by atoms with van der Waals surface area (Å²) in [7, 11) is 2.01. The van der Waals surface area contributed by atoms with Gasteiger partial charge in [0.05, 0.1) is 12.1 Å². The van der Waals surface area contributed by atoms with Crippen LogP contribution in [0.2, 0.25) is 0 Å². The van der Waals surface area contributed by atoms with Gasteiger partial charge < -0.3 is 10.1 Å². The highest BCUT2D eigenvalue weighted by atomic mass is 16.5. The van der Waals surface area contributed by atoms with Crippen molar-refractivity contribution < 1.29 is 4.74 Å². The zero-order chi connectivity index (χ0) is 13.7. The van der Waals surface area contributed by atoms with Crippen LogP contribution in [0.4, 0.5) is 0 Å². The molecule has 2 atom stereocenters. The van der Waals surface area contributed by atoms with Crippen molar-refractivity contribution in [1.29, 1.82) is 0 Å². The number of nitrogens with one attached hydrogen (secondary N) is 1. The van der Waals surface area contributed by atoms with Crippen molar-refractivity contribution in [3.63, 3.8) is 0 Å². The minimum atomic E-state index is 0.210. The third-order valence-electron chi connectivity index (χ3n) is 3.55. The molecule has 0 saturated heterocycles. The lowest BCUT2D eigenvalue weighted by molar-refractivity contribution is 0.00459. The summed E-state index contributed by atoms with van der Waals surface area (Å²) in [5, 5.41) is 3.41. The van der Waals surface area contributed by atoms with Gasteiger partial charge in [-0.2, -0.15) is 0 Å². The molecule has 0 aliphatic heterocycles. The molecule has 1 N–H and O–H groups in total. The van der Waals surface area contributed by atoms with Crippen LogP contribution in [0.15, 0.2) is 18.2 Å². The summed E-state index contributed by atoms with van der Waals surface area (Å²) in [6.45, 7) is 11.6. The first-order valence-electron chi connectivity index (χ1n) is 6.87. The van der Waals surface area contributed by atoms with Gasteiger partial charge in [0, 0.05) is 6.61 Å². The number of benzene rings is 1. The number of ether oxygens (including phenoxy) is 1. The topological polar surface area (TPSA) is 21.3 Å². The van der Waals surface area contributed by atoms with E-state index in [1.165, 1.54) is 16.7 Å². The molecule has 1 aromatic rings. The van der Waals surface area contributed by atoms with Gasteiger partial charge in [-0.05, 0) is 50.4 Å². The van der Waals surface area contributed by atoms with E-state index >= 15 is 0 Å². The van der Waals surface area contributed by atoms with E-state index in [-0.39, 0.29) is 12.1 Å². The number of hydrogen-bond acceptors (Lipinski definition) is 2. The molecule has 0 fully saturated rings. The maximum atomic E-state index is 5.92. The first-order chi connectivity index (χ1) is 8.51. The lowest BCUT2D eigenvalue weighted by Crippen LogP contribution is -2.35. The van der Waals surface area contributed by atoms with Crippen molar-refractivity contribution >= 4 is 0 Å². The molecule has 102 valence electrons. The molecule has 0 bridgehead atoms. The van der Waals surface area contributed by atoms with E-state index in [2.05, 4.69) is 58.1 Å². The fraction of sp³-hybridized carbons (Fsp3) is 0.625. The fourth-order valence-corrected chi connectivity index (χ4v) is 2.34. The minimum absolute atomic E-state index is 0.210. The van der Waals surface area contributed by atoms with Gasteiger partial charge in [-0.25, -0.2) is 0 Å². The Morgan fingerprint density at radius 2 is 1.83 bits per heavy atom. The number of rotatable bonds is 6. The Hall–Kier alpha value is -0.860.